The fourth-order valence-electron chi connectivity index (χ4n) is 2.09. The van der Waals surface area contributed by atoms with Gasteiger partial charge in [0.2, 0.25) is 5.95 Å². The standard InChI is InChI=1S/C13H13FN4O/c1-7-3-12-11(5-10(7)14)16-13(15)18(12)6-9-4-8(2)19-17-9/h3-5H,6H2,1-2H3,(H2,15,16). The van der Waals surface area contributed by atoms with Gasteiger partial charge in [0.1, 0.15) is 17.3 Å². The lowest BCUT2D eigenvalue weighted by Gasteiger charge is -2.04. The summed E-state index contributed by atoms with van der Waals surface area (Å²) >= 11 is 0. The van der Waals surface area contributed by atoms with Crippen LogP contribution in [0.4, 0.5) is 10.3 Å². The molecular weight excluding hydrogens is 247 g/mol. The van der Waals surface area contributed by atoms with E-state index in [4.69, 9.17) is 10.3 Å². The van der Waals surface area contributed by atoms with Gasteiger partial charge in [0.05, 0.1) is 17.6 Å². The van der Waals surface area contributed by atoms with Crippen LogP contribution in [0.2, 0.25) is 0 Å². The maximum Gasteiger partial charge on any atom is 0.201 e. The first-order chi connectivity index (χ1) is 9.04. The fraction of sp³-hybridized carbons (Fsp3) is 0.231. The van der Waals surface area contributed by atoms with Crippen molar-refractivity contribution in [2.24, 2.45) is 0 Å². The molecule has 19 heavy (non-hydrogen) atoms. The molecule has 0 radical (unpaired) electrons. The number of nitrogen functional groups attached to an aromatic ring is 1. The van der Waals surface area contributed by atoms with E-state index in [2.05, 4.69) is 10.1 Å². The van der Waals surface area contributed by atoms with Crippen LogP contribution in [0.5, 0.6) is 0 Å². The van der Waals surface area contributed by atoms with Crippen LogP contribution in [-0.4, -0.2) is 14.7 Å². The minimum atomic E-state index is -0.283. The van der Waals surface area contributed by atoms with E-state index in [-0.39, 0.29) is 5.82 Å². The van der Waals surface area contributed by atoms with E-state index in [1.807, 2.05) is 13.0 Å². The largest absolute Gasteiger partial charge is 0.369 e. The van der Waals surface area contributed by atoms with Crippen molar-refractivity contribution in [3.63, 3.8) is 0 Å². The number of nitrogens with zero attached hydrogens (tertiary/aromatic N) is 3. The second-order valence-electron chi connectivity index (χ2n) is 4.58. The van der Waals surface area contributed by atoms with Gasteiger partial charge in [-0.25, -0.2) is 9.37 Å². The number of halogens is 1. The summed E-state index contributed by atoms with van der Waals surface area (Å²) in [5.74, 6) is 0.787. The van der Waals surface area contributed by atoms with E-state index < -0.39 is 0 Å². The monoisotopic (exact) mass is 260 g/mol. The second-order valence-corrected chi connectivity index (χ2v) is 4.58. The van der Waals surface area contributed by atoms with E-state index in [0.717, 1.165) is 17.0 Å². The molecule has 1 aromatic carbocycles. The molecule has 5 nitrogen and oxygen atoms in total. The summed E-state index contributed by atoms with van der Waals surface area (Å²) < 4.78 is 20.3. The third-order valence-electron chi connectivity index (χ3n) is 3.06. The molecule has 0 saturated carbocycles. The van der Waals surface area contributed by atoms with Crippen molar-refractivity contribution >= 4 is 17.0 Å². The number of aromatic nitrogens is 3. The zero-order chi connectivity index (χ0) is 13.6. The summed E-state index contributed by atoms with van der Waals surface area (Å²) in [4.78, 5) is 4.16. The lowest BCUT2D eigenvalue weighted by atomic mass is 10.2. The van der Waals surface area contributed by atoms with Crippen LogP contribution >= 0.6 is 0 Å². The first-order valence-electron chi connectivity index (χ1n) is 5.88. The van der Waals surface area contributed by atoms with Gasteiger partial charge in [-0.05, 0) is 25.5 Å². The first-order valence-corrected chi connectivity index (χ1v) is 5.88. The van der Waals surface area contributed by atoms with Crippen LogP contribution in [0.25, 0.3) is 11.0 Å². The van der Waals surface area contributed by atoms with E-state index in [1.165, 1.54) is 6.07 Å². The number of anilines is 1. The van der Waals surface area contributed by atoms with Crippen molar-refractivity contribution in [2.45, 2.75) is 20.4 Å². The molecule has 0 atom stereocenters. The van der Waals surface area contributed by atoms with Gasteiger partial charge in [-0.15, -0.1) is 0 Å². The molecule has 0 spiro atoms. The molecular formula is C13H13FN4O. The van der Waals surface area contributed by atoms with Crippen molar-refractivity contribution in [2.75, 3.05) is 5.73 Å². The number of hydrogen-bond donors (Lipinski definition) is 1. The maximum atomic E-state index is 13.5. The van der Waals surface area contributed by atoms with Crippen LogP contribution in [0.3, 0.4) is 0 Å². The summed E-state index contributed by atoms with van der Waals surface area (Å²) in [6, 6.07) is 4.97. The molecule has 2 heterocycles. The highest BCUT2D eigenvalue weighted by molar-refractivity contribution is 5.79. The van der Waals surface area contributed by atoms with Crippen LogP contribution < -0.4 is 5.73 Å². The highest BCUT2D eigenvalue weighted by Crippen LogP contribution is 2.22. The summed E-state index contributed by atoms with van der Waals surface area (Å²) in [6.07, 6.45) is 0. The van der Waals surface area contributed by atoms with Crippen LogP contribution in [0, 0.1) is 19.7 Å². The average molecular weight is 260 g/mol. The summed E-state index contributed by atoms with van der Waals surface area (Å²) in [7, 11) is 0. The lowest BCUT2D eigenvalue weighted by Crippen LogP contribution is -2.04. The number of hydrogen-bond acceptors (Lipinski definition) is 4. The average Bonchev–Trinajstić information content (AvgIpc) is 2.87. The molecule has 0 saturated heterocycles. The molecule has 0 aliphatic heterocycles. The minimum Gasteiger partial charge on any atom is -0.369 e. The number of fused-ring (bicyclic) bond motifs is 1. The van der Waals surface area contributed by atoms with Crippen LogP contribution in [0.15, 0.2) is 22.7 Å². The topological polar surface area (TPSA) is 69.9 Å². The Kier molecular flexibility index (Phi) is 2.51. The fourth-order valence-corrected chi connectivity index (χ4v) is 2.09. The Morgan fingerprint density at radius 3 is 2.79 bits per heavy atom. The van der Waals surface area contributed by atoms with Crippen molar-refractivity contribution in [3.05, 3.63) is 41.0 Å². The number of imidazole rings is 1. The van der Waals surface area contributed by atoms with Crippen molar-refractivity contribution < 1.29 is 8.91 Å². The molecule has 0 unspecified atom stereocenters. The van der Waals surface area contributed by atoms with Crippen molar-refractivity contribution in [3.8, 4) is 0 Å². The van der Waals surface area contributed by atoms with Gasteiger partial charge in [-0.1, -0.05) is 5.16 Å². The van der Waals surface area contributed by atoms with Crippen molar-refractivity contribution in [1.29, 1.82) is 0 Å². The van der Waals surface area contributed by atoms with Gasteiger partial charge in [0.15, 0.2) is 0 Å². The molecule has 3 aromatic rings. The van der Waals surface area contributed by atoms with Crippen molar-refractivity contribution in [1.82, 2.24) is 14.7 Å². The summed E-state index contributed by atoms with van der Waals surface area (Å²) in [6.45, 7) is 3.98. The molecule has 3 rings (SSSR count). The minimum absolute atomic E-state index is 0.283. The third kappa shape index (κ3) is 1.95. The molecule has 0 aliphatic carbocycles. The quantitative estimate of drug-likeness (QED) is 0.768. The second kappa shape index (κ2) is 4.08. The Balaban J connectivity index is 2.12. The maximum absolute atomic E-state index is 13.5. The number of nitrogens with two attached hydrogens (primary N) is 1. The van der Waals surface area contributed by atoms with Gasteiger partial charge in [-0.2, -0.15) is 0 Å². The smallest absolute Gasteiger partial charge is 0.201 e. The van der Waals surface area contributed by atoms with E-state index >= 15 is 0 Å². The highest BCUT2D eigenvalue weighted by Gasteiger charge is 2.12. The zero-order valence-electron chi connectivity index (χ0n) is 10.6. The van der Waals surface area contributed by atoms with Crippen LogP contribution in [0.1, 0.15) is 17.0 Å². The Labute approximate surface area is 108 Å². The molecule has 0 fully saturated rings. The Morgan fingerprint density at radius 2 is 2.11 bits per heavy atom. The number of benzene rings is 1. The van der Waals surface area contributed by atoms with Gasteiger partial charge in [0, 0.05) is 12.1 Å². The van der Waals surface area contributed by atoms with E-state index in [9.17, 15) is 4.39 Å². The van der Waals surface area contributed by atoms with Gasteiger partial charge < -0.3 is 14.8 Å². The highest BCUT2D eigenvalue weighted by atomic mass is 19.1. The zero-order valence-corrected chi connectivity index (χ0v) is 10.6. The normalized spacial score (nSPS) is 11.3. The Morgan fingerprint density at radius 1 is 1.32 bits per heavy atom. The first kappa shape index (κ1) is 11.7. The van der Waals surface area contributed by atoms with Gasteiger partial charge >= 0.3 is 0 Å². The predicted octanol–water partition coefficient (Wildman–Crippen LogP) is 2.41. The van der Waals surface area contributed by atoms with Gasteiger partial charge in [0.25, 0.3) is 0 Å². The molecule has 0 bridgehead atoms. The predicted molar refractivity (Wildman–Crippen MR) is 69.2 cm³/mol. The van der Waals surface area contributed by atoms with E-state index in [1.54, 1.807) is 17.6 Å². The number of aryl methyl sites for hydroxylation is 2. The SMILES string of the molecule is Cc1cc(Cn2c(N)nc3cc(F)c(C)cc32)no1. The molecule has 98 valence electrons. The lowest BCUT2D eigenvalue weighted by molar-refractivity contribution is 0.389. The molecule has 2 aromatic heterocycles. The Hall–Kier alpha value is -2.37. The molecule has 0 aliphatic rings. The van der Waals surface area contributed by atoms with Crippen LogP contribution in [-0.2, 0) is 6.54 Å². The molecule has 0 amide bonds. The summed E-state index contributed by atoms with van der Waals surface area (Å²) in [5, 5.41) is 3.93. The molecule has 6 heteroatoms. The van der Waals surface area contributed by atoms with E-state index in [0.29, 0.717) is 23.6 Å². The summed E-state index contributed by atoms with van der Waals surface area (Å²) in [5.41, 5.74) is 8.53. The number of rotatable bonds is 2. The Bertz CT molecular complexity index is 759. The third-order valence-corrected chi connectivity index (χ3v) is 3.06. The molecule has 2 N–H and O–H groups in total. The van der Waals surface area contributed by atoms with Gasteiger partial charge in [-0.3, -0.25) is 0 Å².